The SMILES string of the molecule is O=C(NCCc1cc2ccccc2o1)OCCCl. The lowest BCUT2D eigenvalue weighted by molar-refractivity contribution is 0.153. The Hall–Kier alpha value is -1.68. The van der Waals surface area contributed by atoms with Crippen molar-refractivity contribution in [3.8, 4) is 0 Å². The number of hydrogen-bond donors (Lipinski definition) is 1. The number of furan rings is 1. The number of carbonyl (C=O) groups excluding carboxylic acids is 1. The minimum Gasteiger partial charge on any atom is -0.461 e. The number of ether oxygens (including phenoxy) is 1. The molecule has 0 bridgehead atoms. The number of para-hydroxylation sites is 1. The Labute approximate surface area is 110 Å². The van der Waals surface area contributed by atoms with Gasteiger partial charge in [0.05, 0.1) is 5.88 Å². The molecule has 5 heteroatoms. The molecule has 0 fully saturated rings. The molecule has 96 valence electrons. The number of carbonyl (C=O) groups is 1. The van der Waals surface area contributed by atoms with Crippen LogP contribution in [0.15, 0.2) is 34.7 Å². The molecule has 1 heterocycles. The van der Waals surface area contributed by atoms with E-state index in [1.54, 1.807) is 0 Å². The van der Waals surface area contributed by atoms with Gasteiger partial charge >= 0.3 is 6.09 Å². The standard InChI is InChI=1S/C13H14ClNO3/c14-6-8-17-13(16)15-7-5-11-9-10-3-1-2-4-12(10)18-11/h1-4,9H,5-8H2,(H,15,16). The number of halogens is 1. The summed E-state index contributed by atoms with van der Waals surface area (Å²) in [5.41, 5.74) is 0.859. The van der Waals surface area contributed by atoms with Crippen molar-refractivity contribution in [1.82, 2.24) is 5.32 Å². The fraction of sp³-hybridized carbons (Fsp3) is 0.308. The van der Waals surface area contributed by atoms with Crippen LogP contribution in [0.4, 0.5) is 4.79 Å². The molecule has 0 aliphatic rings. The third-order valence-electron chi connectivity index (χ3n) is 2.43. The predicted octanol–water partition coefficient (Wildman–Crippen LogP) is 2.94. The van der Waals surface area contributed by atoms with Gasteiger partial charge in [-0.3, -0.25) is 0 Å². The first-order valence-electron chi connectivity index (χ1n) is 5.73. The topological polar surface area (TPSA) is 51.5 Å². The summed E-state index contributed by atoms with van der Waals surface area (Å²) in [6.45, 7) is 0.693. The Bertz CT molecular complexity index is 491. The van der Waals surface area contributed by atoms with Gasteiger partial charge in [0.25, 0.3) is 0 Å². The Morgan fingerprint density at radius 2 is 2.22 bits per heavy atom. The van der Waals surface area contributed by atoms with E-state index in [4.69, 9.17) is 20.8 Å². The summed E-state index contributed by atoms with van der Waals surface area (Å²) >= 11 is 5.40. The second-order valence-electron chi connectivity index (χ2n) is 3.75. The van der Waals surface area contributed by atoms with Crippen LogP contribution in [0.3, 0.4) is 0 Å². The molecule has 0 spiro atoms. The van der Waals surface area contributed by atoms with Crippen molar-refractivity contribution >= 4 is 28.7 Å². The molecule has 2 aromatic rings. The number of rotatable bonds is 5. The van der Waals surface area contributed by atoms with Crippen LogP contribution in [0.25, 0.3) is 11.0 Å². The van der Waals surface area contributed by atoms with E-state index in [9.17, 15) is 4.79 Å². The third kappa shape index (κ3) is 3.40. The van der Waals surface area contributed by atoms with E-state index >= 15 is 0 Å². The molecule has 0 radical (unpaired) electrons. The lowest BCUT2D eigenvalue weighted by atomic mass is 10.2. The summed E-state index contributed by atoms with van der Waals surface area (Å²) < 4.78 is 10.4. The van der Waals surface area contributed by atoms with Crippen molar-refractivity contribution in [2.75, 3.05) is 19.0 Å². The number of fused-ring (bicyclic) bond motifs is 1. The molecule has 0 unspecified atom stereocenters. The number of hydrogen-bond acceptors (Lipinski definition) is 3. The molecule has 1 amide bonds. The number of alkyl halides is 1. The summed E-state index contributed by atoms with van der Waals surface area (Å²) in [7, 11) is 0. The predicted molar refractivity (Wildman–Crippen MR) is 70.0 cm³/mol. The van der Waals surface area contributed by atoms with E-state index < -0.39 is 6.09 Å². The van der Waals surface area contributed by atoms with Gasteiger partial charge in [-0.15, -0.1) is 11.6 Å². The molecule has 0 aliphatic heterocycles. The molecular formula is C13H14ClNO3. The average molecular weight is 268 g/mol. The Balaban J connectivity index is 1.81. The first-order chi connectivity index (χ1) is 8.79. The molecule has 1 aromatic heterocycles. The Kier molecular flexibility index (Phi) is 4.47. The van der Waals surface area contributed by atoms with Crippen LogP contribution in [0.1, 0.15) is 5.76 Å². The highest BCUT2D eigenvalue weighted by Gasteiger charge is 2.04. The lowest BCUT2D eigenvalue weighted by Gasteiger charge is -2.03. The zero-order valence-electron chi connectivity index (χ0n) is 9.82. The lowest BCUT2D eigenvalue weighted by Crippen LogP contribution is -2.26. The molecule has 2 rings (SSSR count). The fourth-order valence-electron chi connectivity index (χ4n) is 1.63. The Morgan fingerprint density at radius 1 is 1.39 bits per heavy atom. The summed E-state index contributed by atoms with van der Waals surface area (Å²) in [5.74, 6) is 1.14. The van der Waals surface area contributed by atoms with Gasteiger partial charge in [0.2, 0.25) is 0 Å². The zero-order chi connectivity index (χ0) is 12.8. The van der Waals surface area contributed by atoms with Gasteiger partial charge in [-0.05, 0) is 12.1 Å². The molecule has 0 saturated heterocycles. The van der Waals surface area contributed by atoms with Gasteiger partial charge in [-0.2, -0.15) is 0 Å². The maximum atomic E-state index is 11.1. The van der Waals surface area contributed by atoms with Crippen LogP contribution in [0.2, 0.25) is 0 Å². The number of benzene rings is 1. The summed E-state index contributed by atoms with van der Waals surface area (Å²) in [6, 6.07) is 9.77. The van der Waals surface area contributed by atoms with E-state index in [-0.39, 0.29) is 6.61 Å². The summed E-state index contributed by atoms with van der Waals surface area (Å²) in [4.78, 5) is 11.1. The summed E-state index contributed by atoms with van der Waals surface area (Å²) in [6.07, 6.45) is 0.178. The minimum absolute atomic E-state index is 0.220. The van der Waals surface area contributed by atoms with Crippen LogP contribution in [0, 0.1) is 0 Å². The van der Waals surface area contributed by atoms with E-state index in [2.05, 4.69) is 5.32 Å². The first-order valence-corrected chi connectivity index (χ1v) is 6.27. The molecule has 4 nitrogen and oxygen atoms in total. The molecule has 0 aliphatic carbocycles. The minimum atomic E-state index is -0.452. The van der Waals surface area contributed by atoms with E-state index in [0.29, 0.717) is 18.8 Å². The second-order valence-corrected chi connectivity index (χ2v) is 4.13. The normalized spacial score (nSPS) is 10.5. The van der Waals surface area contributed by atoms with Crippen molar-refractivity contribution in [3.05, 3.63) is 36.1 Å². The maximum Gasteiger partial charge on any atom is 0.407 e. The van der Waals surface area contributed by atoms with E-state index in [0.717, 1.165) is 16.7 Å². The van der Waals surface area contributed by atoms with Crippen molar-refractivity contribution in [2.45, 2.75) is 6.42 Å². The zero-order valence-corrected chi connectivity index (χ0v) is 10.6. The quantitative estimate of drug-likeness (QED) is 0.848. The Morgan fingerprint density at radius 3 is 3.00 bits per heavy atom. The number of nitrogens with one attached hydrogen (secondary N) is 1. The number of alkyl carbamates (subject to hydrolysis) is 1. The molecule has 1 aromatic carbocycles. The maximum absolute atomic E-state index is 11.1. The largest absolute Gasteiger partial charge is 0.461 e. The van der Waals surface area contributed by atoms with Gasteiger partial charge in [-0.25, -0.2) is 4.79 Å². The van der Waals surface area contributed by atoms with Crippen molar-refractivity contribution < 1.29 is 13.9 Å². The molecule has 0 atom stereocenters. The highest BCUT2D eigenvalue weighted by molar-refractivity contribution is 6.18. The van der Waals surface area contributed by atoms with E-state index in [1.807, 2.05) is 30.3 Å². The van der Waals surface area contributed by atoms with Gasteiger partial charge in [0, 0.05) is 18.4 Å². The van der Waals surface area contributed by atoms with Gasteiger partial charge < -0.3 is 14.5 Å². The van der Waals surface area contributed by atoms with Gasteiger partial charge in [-0.1, -0.05) is 18.2 Å². The van der Waals surface area contributed by atoms with Crippen LogP contribution in [0.5, 0.6) is 0 Å². The second kappa shape index (κ2) is 6.31. The van der Waals surface area contributed by atoms with Crippen LogP contribution < -0.4 is 5.32 Å². The molecular weight excluding hydrogens is 254 g/mol. The third-order valence-corrected chi connectivity index (χ3v) is 2.58. The first kappa shape index (κ1) is 12.8. The average Bonchev–Trinajstić information content (AvgIpc) is 2.79. The molecule has 1 N–H and O–H groups in total. The summed E-state index contributed by atoms with van der Waals surface area (Å²) in [5, 5.41) is 3.70. The fourth-order valence-corrected chi connectivity index (χ4v) is 1.71. The molecule has 0 saturated carbocycles. The van der Waals surface area contributed by atoms with Gasteiger partial charge in [0.1, 0.15) is 18.0 Å². The van der Waals surface area contributed by atoms with Crippen molar-refractivity contribution in [3.63, 3.8) is 0 Å². The van der Waals surface area contributed by atoms with Gasteiger partial charge in [0.15, 0.2) is 0 Å². The molecule has 18 heavy (non-hydrogen) atoms. The monoisotopic (exact) mass is 267 g/mol. The van der Waals surface area contributed by atoms with Crippen LogP contribution in [-0.4, -0.2) is 25.1 Å². The highest BCUT2D eigenvalue weighted by Crippen LogP contribution is 2.18. The van der Waals surface area contributed by atoms with E-state index in [1.165, 1.54) is 0 Å². The smallest absolute Gasteiger partial charge is 0.407 e. The van der Waals surface area contributed by atoms with Crippen LogP contribution in [-0.2, 0) is 11.2 Å². The number of amides is 1. The van der Waals surface area contributed by atoms with Crippen LogP contribution >= 0.6 is 11.6 Å². The van der Waals surface area contributed by atoms with Crippen molar-refractivity contribution in [1.29, 1.82) is 0 Å². The highest BCUT2D eigenvalue weighted by atomic mass is 35.5. The van der Waals surface area contributed by atoms with Crippen molar-refractivity contribution in [2.24, 2.45) is 0 Å².